The van der Waals surface area contributed by atoms with Gasteiger partial charge in [-0.15, -0.1) is 0 Å². The average molecular weight is 1150 g/mol. The lowest BCUT2D eigenvalue weighted by Crippen LogP contribution is -2.66. The van der Waals surface area contributed by atoms with Crippen LogP contribution in [0.3, 0.4) is 0 Å². The highest BCUT2D eigenvalue weighted by molar-refractivity contribution is 7.81. The quantitative estimate of drug-likeness (QED) is 0.0554. The molecule has 4 aliphatic rings. The Balaban J connectivity index is 0.824. The molecule has 0 saturated carbocycles. The van der Waals surface area contributed by atoms with Crippen molar-refractivity contribution >= 4 is 115 Å². The summed E-state index contributed by atoms with van der Waals surface area (Å²) in [7, 11) is 0. The van der Waals surface area contributed by atoms with E-state index in [-0.39, 0.29) is 12.3 Å². The predicted molar refractivity (Wildman–Crippen MR) is 344 cm³/mol. The van der Waals surface area contributed by atoms with Gasteiger partial charge in [0, 0.05) is 0 Å². The summed E-state index contributed by atoms with van der Waals surface area (Å²) in [5, 5.41) is 17.4. The van der Waals surface area contributed by atoms with Crippen LogP contribution in [0.4, 0.5) is 45.5 Å². The number of hydrogen-bond acceptors (Lipinski definition) is 12. The molecule has 20 heteroatoms. The third-order valence-electron chi connectivity index (χ3n) is 14.2. The molecule has 4 saturated heterocycles. The first-order valence-corrected chi connectivity index (χ1v) is 28.2. The van der Waals surface area contributed by atoms with Crippen LogP contribution in [0, 0.1) is 0 Å². The van der Waals surface area contributed by atoms with Crippen LogP contribution in [0.2, 0.25) is 0 Å². The molecule has 16 nitrogen and oxygen atoms in total. The van der Waals surface area contributed by atoms with Crippen LogP contribution in [0.5, 0.6) is 0 Å². The van der Waals surface area contributed by atoms with Crippen LogP contribution in [-0.4, -0.2) is 20.4 Å². The van der Waals surface area contributed by atoms with Crippen molar-refractivity contribution in [2.75, 3.05) is 40.1 Å². The van der Waals surface area contributed by atoms with Crippen molar-refractivity contribution < 1.29 is 0 Å². The molecule has 4 aliphatic heterocycles. The highest BCUT2D eigenvalue weighted by atomic mass is 32.1. The Morgan fingerprint density at radius 2 is 0.354 bits per heavy atom. The van der Waals surface area contributed by atoms with Gasteiger partial charge in [0.2, 0.25) is 20.4 Å². The summed E-state index contributed by atoms with van der Waals surface area (Å²) in [5.74, 6) is 0. The summed E-state index contributed by atoms with van der Waals surface area (Å²) in [6.07, 6.45) is -1.46. The van der Waals surface area contributed by atoms with E-state index in [9.17, 15) is 0 Å². The van der Waals surface area contributed by atoms with Crippen LogP contribution in [-0.2, 0) is 0 Å². The molecule has 0 spiro atoms. The number of thiocarbonyl (C=S) groups is 4. The second kappa shape index (κ2) is 23.5. The highest BCUT2D eigenvalue weighted by Gasteiger charge is 2.37. The normalized spacial score (nSPS) is 19.7. The lowest BCUT2D eigenvalue weighted by molar-refractivity contribution is 0.425. The molecule has 4 unspecified atom stereocenters. The summed E-state index contributed by atoms with van der Waals surface area (Å²) in [5.41, 5.74) is 39.9. The second-order valence-corrected chi connectivity index (χ2v) is 20.9. The maximum atomic E-state index is 6.49. The predicted octanol–water partition coefficient (Wildman–Crippen LogP) is 11.0. The number of anilines is 8. The van der Waals surface area contributed by atoms with Crippen molar-refractivity contribution in [2.24, 2.45) is 0 Å². The van der Waals surface area contributed by atoms with Gasteiger partial charge in [-0.25, -0.2) is 83.5 Å². The largest absolute Gasteiger partial charge is 0.249 e. The zero-order chi connectivity index (χ0) is 55.5. The fourth-order valence-corrected chi connectivity index (χ4v) is 11.4. The molecule has 406 valence electrons. The maximum absolute atomic E-state index is 6.49. The third kappa shape index (κ3) is 10.8. The monoisotopic (exact) mass is 1150 g/mol. The average Bonchev–Trinajstić information content (AvgIpc) is 3.25. The number of nitrogens with zero attached hydrogens (tertiary/aromatic N) is 8. The Morgan fingerprint density at radius 3 is 0.549 bits per heavy atom. The topological polar surface area (TPSA) is 122 Å². The van der Waals surface area contributed by atoms with E-state index in [0.29, 0.717) is 20.4 Å². The molecule has 0 radical (unpaired) electrons. The van der Waals surface area contributed by atoms with Crippen molar-refractivity contribution in [3.63, 3.8) is 0 Å². The SMILES string of the molecule is S=C1N(c2ccccc2)NC(c2ccccc2)NN1c1cccc(N2NC(c3ccccc3)NN(c3cccc(N4NC(c5ccccc5)NN(c5cccc(N6NC(c7ccccc7)NN(c7ccccc7)C6=S)c5)C4=S)c3)C2=S)c1. The lowest BCUT2D eigenvalue weighted by atomic mass is 10.1. The number of benzene rings is 9. The van der Waals surface area contributed by atoms with Crippen molar-refractivity contribution in [3.8, 4) is 0 Å². The smallest absolute Gasteiger partial charge is 0.210 e. The van der Waals surface area contributed by atoms with E-state index in [0.717, 1.165) is 67.8 Å². The summed E-state index contributed by atoms with van der Waals surface area (Å²) in [6.45, 7) is 0. The molecule has 4 atom stereocenters. The Bertz CT molecular complexity index is 3510. The van der Waals surface area contributed by atoms with Crippen molar-refractivity contribution in [2.45, 2.75) is 24.7 Å². The zero-order valence-electron chi connectivity index (χ0n) is 43.8. The summed E-state index contributed by atoms with van der Waals surface area (Å²) in [6, 6.07) is 85.4. The minimum atomic E-state index is -0.418. The van der Waals surface area contributed by atoms with Gasteiger partial charge in [-0.3, -0.25) is 0 Å². The van der Waals surface area contributed by atoms with Crippen molar-refractivity contribution in [1.82, 2.24) is 43.4 Å². The molecule has 0 bridgehead atoms. The van der Waals surface area contributed by atoms with Gasteiger partial charge in [0.05, 0.1) is 45.5 Å². The minimum Gasteiger partial charge on any atom is -0.249 e. The number of hydrogen-bond donors (Lipinski definition) is 8. The van der Waals surface area contributed by atoms with Crippen LogP contribution in [0.25, 0.3) is 0 Å². The van der Waals surface area contributed by atoms with E-state index < -0.39 is 12.3 Å². The molecule has 0 aliphatic carbocycles. The molecule has 0 aromatic heterocycles. The number of nitrogens with one attached hydrogen (secondary N) is 8. The molecule has 9 aromatic rings. The van der Waals surface area contributed by atoms with E-state index in [1.165, 1.54) is 0 Å². The van der Waals surface area contributed by atoms with Crippen molar-refractivity contribution in [1.29, 1.82) is 0 Å². The molecule has 9 aromatic carbocycles. The van der Waals surface area contributed by atoms with E-state index in [4.69, 9.17) is 48.9 Å². The molecule has 13 rings (SSSR count). The number of para-hydroxylation sites is 2. The van der Waals surface area contributed by atoms with Gasteiger partial charge in [0.15, 0.2) is 0 Å². The fraction of sp³-hybridized carbons (Fsp3) is 0.0645. The van der Waals surface area contributed by atoms with Gasteiger partial charge >= 0.3 is 0 Å². The first-order valence-electron chi connectivity index (χ1n) is 26.6. The standard InChI is InChI=1S/C62H54N16S4/c79-59-71(47-30-15-5-16-31-47)63-55(43-22-7-1-8-23-43)65-73(59)49-34-19-36-51(40-49)75-61(81)77(69-57(67-75)45-26-11-3-12-27-45)53-38-21-39-54(42-53)78-62(82)76(68-58(70-78)46-28-13-4-14-29-46)52-37-20-35-50(41-52)74-60(80)72(48-32-17-6-18-33-48)64-56(66-74)44-24-9-2-10-25-44/h1-42,55-58,63-70H. The molecular weight excluding hydrogens is 1100 g/mol. The van der Waals surface area contributed by atoms with Gasteiger partial charge in [-0.1, -0.05) is 176 Å². The molecule has 8 N–H and O–H groups in total. The second-order valence-electron chi connectivity index (χ2n) is 19.5. The Labute approximate surface area is 496 Å². The van der Waals surface area contributed by atoms with Crippen molar-refractivity contribution in [3.05, 3.63) is 277 Å². The highest BCUT2D eigenvalue weighted by Crippen LogP contribution is 2.35. The molecule has 4 heterocycles. The number of rotatable bonds is 12. The maximum Gasteiger partial charge on any atom is 0.210 e. The van der Waals surface area contributed by atoms with Gasteiger partial charge in [-0.05, 0) is 150 Å². The Kier molecular flexibility index (Phi) is 15.1. The minimum absolute atomic E-state index is 0.313. The van der Waals surface area contributed by atoms with E-state index in [1.807, 2.05) is 228 Å². The number of hydrazine groups is 8. The fourth-order valence-electron chi connectivity index (χ4n) is 10.1. The van der Waals surface area contributed by atoms with Crippen LogP contribution >= 0.6 is 48.9 Å². The first-order chi connectivity index (χ1) is 40.3. The molecule has 0 amide bonds. The van der Waals surface area contributed by atoms with Gasteiger partial charge in [-0.2, -0.15) is 0 Å². The zero-order valence-corrected chi connectivity index (χ0v) is 47.0. The van der Waals surface area contributed by atoms with Gasteiger partial charge in [0.25, 0.3) is 0 Å². The van der Waals surface area contributed by atoms with Gasteiger partial charge < -0.3 is 0 Å². The van der Waals surface area contributed by atoms with E-state index in [2.05, 4.69) is 110 Å². The Morgan fingerprint density at radius 1 is 0.195 bits per heavy atom. The molecular formula is C62H54N16S4. The third-order valence-corrected chi connectivity index (χ3v) is 15.7. The summed E-state index contributed by atoms with van der Waals surface area (Å²) < 4.78 is 0. The summed E-state index contributed by atoms with van der Waals surface area (Å²) >= 11 is 25.5. The first kappa shape index (κ1) is 52.8. The van der Waals surface area contributed by atoms with E-state index in [1.54, 1.807) is 0 Å². The van der Waals surface area contributed by atoms with Gasteiger partial charge in [0.1, 0.15) is 24.7 Å². The Hall–Kier alpha value is -8.58. The van der Waals surface area contributed by atoms with Crippen LogP contribution < -0.4 is 83.5 Å². The van der Waals surface area contributed by atoms with Crippen LogP contribution in [0.1, 0.15) is 46.9 Å². The lowest BCUT2D eigenvalue weighted by Gasteiger charge is -2.46. The van der Waals surface area contributed by atoms with E-state index >= 15 is 0 Å². The molecule has 4 fully saturated rings. The van der Waals surface area contributed by atoms with Crippen LogP contribution in [0.15, 0.2) is 255 Å². The molecule has 82 heavy (non-hydrogen) atoms. The summed E-state index contributed by atoms with van der Waals surface area (Å²) in [4.78, 5) is 0.